The first-order valence-corrected chi connectivity index (χ1v) is 4.47. The van der Waals surface area contributed by atoms with Crippen LogP contribution in [0.4, 0.5) is 4.39 Å². The van der Waals surface area contributed by atoms with E-state index < -0.39 is 5.67 Å². The number of hydrogen-bond acceptors (Lipinski definition) is 3. The highest BCUT2D eigenvalue weighted by molar-refractivity contribution is 5.12. The van der Waals surface area contributed by atoms with Gasteiger partial charge in [0, 0.05) is 12.7 Å². The lowest BCUT2D eigenvalue weighted by Crippen LogP contribution is -2.40. The molecule has 0 bridgehead atoms. The fourth-order valence-electron chi connectivity index (χ4n) is 1.64. The summed E-state index contributed by atoms with van der Waals surface area (Å²) in [6, 6.07) is 1.65. The zero-order chi connectivity index (χ0) is 9.15. The monoisotopic (exact) mass is 181 g/mol. The first kappa shape index (κ1) is 8.56. The molecule has 1 fully saturated rings. The lowest BCUT2D eigenvalue weighted by molar-refractivity contribution is 0.116. The summed E-state index contributed by atoms with van der Waals surface area (Å²) >= 11 is 0. The van der Waals surface area contributed by atoms with Crippen molar-refractivity contribution >= 4 is 0 Å². The van der Waals surface area contributed by atoms with Crippen LogP contribution in [0, 0.1) is 0 Å². The van der Waals surface area contributed by atoms with Crippen molar-refractivity contribution in [2.24, 2.45) is 0 Å². The summed E-state index contributed by atoms with van der Waals surface area (Å²) in [6.45, 7) is 1.26. The maximum Gasteiger partial charge on any atom is 0.165 e. The summed E-state index contributed by atoms with van der Waals surface area (Å²) in [6.07, 6.45) is 4.39. The van der Waals surface area contributed by atoms with E-state index in [9.17, 15) is 4.39 Å². The Balaban J connectivity index is 2.23. The second kappa shape index (κ2) is 3.38. The highest BCUT2D eigenvalue weighted by atomic mass is 19.1. The molecule has 2 heterocycles. The van der Waals surface area contributed by atoms with Gasteiger partial charge in [-0.2, -0.15) is 0 Å². The second-order valence-corrected chi connectivity index (χ2v) is 3.34. The molecule has 0 aromatic carbocycles. The fourth-order valence-corrected chi connectivity index (χ4v) is 1.64. The van der Waals surface area contributed by atoms with Gasteiger partial charge in [-0.1, -0.05) is 0 Å². The van der Waals surface area contributed by atoms with Crippen LogP contribution in [0.5, 0.6) is 0 Å². The van der Waals surface area contributed by atoms with E-state index >= 15 is 0 Å². The van der Waals surface area contributed by atoms with Crippen LogP contribution in [0.2, 0.25) is 0 Å². The predicted octanol–water partition coefficient (Wildman–Crippen LogP) is 1.02. The van der Waals surface area contributed by atoms with Crippen LogP contribution in [-0.2, 0) is 5.67 Å². The van der Waals surface area contributed by atoms with Crippen LogP contribution in [0.1, 0.15) is 18.5 Å². The van der Waals surface area contributed by atoms with E-state index in [1.54, 1.807) is 12.3 Å². The minimum Gasteiger partial charge on any atom is -0.313 e. The Morgan fingerprint density at radius 1 is 1.54 bits per heavy atom. The van der Waals surface area contributed by atoms with Crippen LogP contribution in [0.15, 0.2) is 18.6 Å². The Labute approximate surface area is 76.4 Å². The molecule has 0 saturated carbocycles. The number of rotatable bonds is 1. The third-order valence-corrected chi connectivity index (χ3v) is 2.37. The first-order valence-electron chi connectivity index (χ1n) is 4.47. The Hall–Kier alpha value is -1.03. The maximum atomic E-state index is 14.2. The molecule has 70 valence electrons. The van der Waals surface area contributed by atoms with Gasteiger partial charge in [-0.25, -0.2) is 14.4 Å². The molecule has 4 heteroatoms. The van der Waals surface area contributed by atoms with Crippen molar-refractivity contribution in [1.82, 2.24) is 15.3 Å². The van der Waals surface area contributed by atoms with Crippen molar-refractivity contribution in [3.63, 3.8) is 0 Å². The third kappa shape index (κ3) is 1.67. The molecule has 1 unspecified atom stereocenters. The molecule has 3 nitrogen and oxygen atoms in total. The lowest BCUT2D eigenvalue weighted by Gasteiger charge is -2.29. The van der Waals surface area contributed by atoms with E-state index in [4.69, 9.17) is 0 Å². The molecule has 1 N–H and O–H groups in total. The number of nitrogens with one attached hydrogen (secondary N) is 1. The molecule has 1 saturated heterocycles. The average Bonchev–Trinajstić information content (AvgIpc) is 2.20. The summed E-state index contributed by atoms with van der Waals surface area (Å²) < 4.78 is 14.2. The number of alkyl halides is 1. The van der Waals surface area contributed by atoms with E-state index in [-0.39, 0.29) is 0 Å². The largest absolute Gasteiger partial charge is 0.313 e. The molecular formula is C9H12FN3. The quantitative estimate of drug-likeness (QED) is 0.703. The van der Waals surface area contributed by atoms with Crippen molar-refractivity contribution in [2.45, 2.75) is 18.5 Å². The molecule has 0 radical (unpaired) electrons. The summed E-state index contributed by atoms with van der Waals surface area (Å²) in [5.74, 6) is 0. The maximum absolute atomic E-state index is 14.2. The van der Waals surface area contributed by atoms with E-state index in [1.807, 2.05) is 0 Å². The molecule has 13 heavy (non-hydrogen) atoms. The summed E-state index contributed by atoms with van der Waals surface area (Å²) in [7, 11) is 0. The summed E-state index contributed by atoms with van der Waals surface area (Å²) in [5, 5.41) is 3.04. The SMILES string of the molecule is FC1(c2ccncn2)CCCNC1. The molecule has 1 aromatic heterocycles. The van der Waals surface area contributed by atoms with Gasteiger partial charge in [0.15, 0.2) is 5.67 Å². The zero-order valence-electron chi connectivity index (χ0n) is 7.33. The number of piperidine rings is 1. The number of hydrogen-bond donors (Lipinski definition) is 1. The van der Waals surface area contributed by atoms with Crippen molar-refractivity contribution in [2.75, 3.05) is 13.1 Å². The van der Waals surface area contributed by atoms with Crippen LogP contribution < -0.4 is 5.32 Å². The summed E-state index contributed by atoms with van der Waals surface area (Å²) in [5.41, 5.74) is -0.795. The average molecular weight is 181 g/mol. The molecule has 0 amide bonds. The van der Waals surface area contributed by atoms with Gasteiger partial charge < -0.3 is 5.32 Å². The van der Waals surface area contributed by atoms with E-state index in [1.165, 1.54) is 6.33 Å². The zero-order valence-corrected chi connectivity index (χ0v) is 7.33. The lowest BCUT2D eigenvalue weighted by atomic mass is 9.92. The molecule has 1 aliphatic heterocycles. The minimum atomic E-state index is -1.29. The van der Waals surface area contributed by atoms with Gasteiger partial charge in [-0.05, 0) is 25.5 Å². The van der Waals surface area contributed by atoms with Crippen molar-refractivity contribution in [1.29, 1.82) is 0 Å². The van der Waals surface area contributed by atoms with Gasteiger partial charge in [-0.3, -0.25) is 0 Å². The molecule has 2 rings (SSSR count). The van der Waals surface area contributed by atoms with Crippen molar-refractivity contribution < 1.29 is 4.39 Å². The van der Waals surface area contributed by atoms with Gasteiger partial charge in [-0.15, -0.1) is 0 Å². The molecule has 0 spiro atoms. The summed E-state index contributed by atoms with van der Waals surface area (Å²) in [4.78, 5) is 7.72. The van der Waals surface area contributed by atoms with Gasteiger partial charge in [0.1, 0.15) is 6.33 Å². The molecule has 0 aliphatic carbocycles. The number of aromatic nitrogens is 2. The predicted molar refractivity (Wildman–Crippen MR) is 46.9 cm³/mol. The Bertz CT molecular complexity index is 269. The third-order valence-electron chi connectivity index (χ3n) is 2.37. The molecule has 1 aromatic rings. The number of nitrogens with zero attached hydrogens (tertiary/aromatic N) is 2. The minimum absolute atomic E-state index is 0.365. The van der Waals surface area contributed by atoms with E-state index in [0.717, 1.165) is 13.0 Å². The van der Waals surface area contributed by atoms with Crippen LogP contribution in [0.25, 0.3) is 0 Å². The Morgan fingerprint density at radius 3 is 3.08 bits per heavy atom. The van der Waals surface area contributed by atoms with Gasteiger partial charge in [0.05, 0.1) is 5.69 Å². The van der Waals surface area contributed by atoms with E-state index in [0.29, 0.717) is 18.7 Å². The van der Waals surface area contributed by atoms with Crippen LogP contribution in [-0.4, -0.2) is 23.1 Å². The second-order valence-electron chi connectivity index (χ2n) is 3.34. The smallest absolute Gasteiger partial charge is 0.165 e. The van der Waals surface area contributed by atoms with Crippen molar-refractivity contribution in [3.8, 4) is 0 Å². The van der Waals surface area contributed by atoms with Crippen LogP contribution >= 0.6 is 0 Å². The highest BCUT2D eigenvalue weighted by Gasteiger charge is 2.34. The van der Waals surface area contributed by atoms with E-state index in [2.05, 4.69) is 15.3 Å². The fraction of sp³-hybridized carbons (Fsp3) is 0.556. The van der Waals surface area contributed by atoms with Gasteiger partial charge in [0.2, 0.25) is 0 Å². The Kier molecular flexibility index (Phi) is 2.22. The van der Waals surface area contributed by atoms with Gasteiger partial charge >= 0.3 is 0 Å². The highest BCUT2D eigenvalue weighted by Crippen LogP contribution is 2.30. The van der Waals surface area contributed by atoms with Crippen molar-refractivity contribution in [3.05, 3.63) is 24.3 Å². The molecular weight excluding hydrogens is 169 g/mol. The van der Waals surface area contributed by atoms with Gasteiger partial charge in [0.25, 0.3) is 0 Å². The normalized spacial score (nSPS) is 28.7. The molecule has 1 aliphatic rings. The Morgan fingerprint density at radius 2 is 2.46 bits per heavy atom. The standard InChI is InChI=1S/C9H12FN3/c10-9(3-1-4-11-6-9)8-2-5-12-7-13-8/h2,5,7,11H,1,3-4,6H2. The first-order chi connectivity index (χ1) is 6.31. The topological polar surface area (TPSA) is 37.8 Å². The number of halogens is 1. The van der Waals surface area contributed by atoms with Crippen LogP contribution in [0.3, 0.4) is 0 Å². The molecule has 1 atom stereocenters.